The monoisotopic (exact) mass is 195 g/mol. The van der Waals surface area contributed by atoms with Crippen molar-refractivity contribution >= 4 is 11.3 Å². The number of nitrogens with two attached hydrogens (primary N) is 1. The van der Waals surface area contributed by atoms with Crippen LogP contribution in [0.5, 0.6) is 0 Å². The third-order valence-electron chi connectivity index (χ3n) is 3.08. The minimum Gasteiger partial charge on any atom is -0.325 e. The predicted molar refractivity (Wildman–Crippen MR) is 58.3 cm³/mol. The first-order chi connectivity index (χ1) is 6.11. The van der Waals surface area contributed by atoms with Crippen molar-refractivity contribution in [2.24, 2.45) is 5.73 Å². The summed E-state index contributed by atoms with van der Waals surface area (Å²) in [5.74, 6) is 0. The maximum Gasteiger partial charge on any atom is 0.0158 e. The summed E-state index contributed by atoms with van der Waals surface area (Å²) in [5.41, 5.74) is 9.27. The van der Waals surface area contributed by atoms with E-state index >= 15 is 0 Å². The van der Waals surface area contributed by atoms with E-state index in [2.05, 4.69) is 19.2 Å². The Kier molecular flexibility index (Phi) is 2.20. The van der Waals surface area contributed by atoms with E-state index in [-0.39, 0.29) is 5.54 Å². The maximum atomic E-state index is 6.07. The van der Waals surface area contributed by atoms with Gasteiger partial charge < -0.3 is 5.73 Å². The van der Waals surface area contributed by atoms with Crippen molar-refractivity contribution in [3.05, 3.63) is 21.4 Å². The van der Waals surface area contributed by atoms with Gasteiger partial charge in [0, 0.05) is 10.4 Å². The van der Waals surface area contributed by atoms with Gasteiger partial charge in [0.2, 0.25) is 0 Å². The van der Waals surface area contributed by atoms with Crippen LogP contribution in [0.15, 0.2) is 5.38 Å². The van der Waals surface area contributed by atoms with E-state index in [1.807, 2.05) is 11.3 Å². The highest BCUT2D eigenvalue weighted by molar-refractivity contribution is 7.10. The number of hydrogen-bond acceptors (Lipinski definition) is 2. The van der Waals surface area contributed by atoms with Crippen LogP contribution in [-0.2, 0) is 6.42 Å². The molecule has 0 amide bonds. The van der Waals surface area contributed by atoms with Gasteiger partial charge in [-0.05, 0) is 56.0 Å². The second-order valence-electron chi connectivity index (χ2n) is 4.32. The van der Waals surface area contributed by atoms with E-state index < -0.39 is 0 Å². The summed E-state index contributed by atoms with van der Waals surface area (Å²) in [7, 11) is 0. The van der Waals surface area contributed by atoms with E-state index in [1.54, 1.807) is 5.56 Å². The molecule has 0 aromatic carbocycles. The first-order valence-electron chi connectivity index (χ1n) is 4.93. The number of hydrogen-bond donors (Lipinski definition) is 1. The Balaban J connectivity index is 2.00. The van der Waals surface area contributed by atoms with Gasteiger partial charge in [0.15, 0.2) is 0 Å². The van der Waals surface area contributed by atoms with E-state index in [0.717, 1.165) is 0 Å². The molecular weight excluding hydrogens is 178 g/mol. The molecule has 0 radical (unpaired) electrons. The molecule has 0 atom stereocenters. The van der Waals surface area contributed by atoms with Crippen molar-refractivity contribution < 1.29 is 0 Å². The fraction of sp³-hybridized carbons (Fsp3) is 0.636. The summed E-state index contributed by atoms with van der Waals surface area (Å²) in [6.45, 7) is 4.41. The molecule has 0 bridgehead atoms. The molecule has 0 aliphatic heterocycles. The molecule has 0 saturated heterocycles. The summed E-state index contributed by atoms with van der Waals surface area (Å²) in [6, 6.07) is 0. The van der Waals surface area contributed by atoms with E-state index in [4.69, 9.17) is 5.73 Å². The first kappa shape index (κ1) is 9.22. The van der Waals surface area contributed by atoms with Crippen molar-refractivity contribution in [1.82, 2.24) is 0 Å². The third kappa shape index (κ3) is 1.94. The molecule has 1 saturated carbocycles. The fourth-order valence-corrected chi connectivity index (χ4v) is 2.66. The fourth-order valence-electron chi connectivity index (χ4n) is 1.75. The molecule has 1 heterocycles. The van der Waals surface area contributed by atoms with E-state index in [0.29, 0.717) is 0 Å². The molecule has 0 spiro atoms. The van der Waals surface area contributed by atoms with Gasteiger partial charge in [-0.25, -0.2) is 0 Å². The average Bonchev–Trinajstić information content (AvgIpc) is 2.72. The van der Waals surface area contributed by atoms with Gasteiger partial charge >= 0.3 is 0 Å². The minimum absolute atomic E-state index is 0.209. The van der Waals surface area contributed by atoms with Crippen LogP contribution < -0.4 is 5.73 Å². The second kappa shape index (κ2) is 3.10. The molecule has 1 aromatic heterocycles. The lowest BCUT2D eigenvalue weighted by Gasteiger charge is -2.08. The summed E-state index contributed by atoms with van der Waals surface area (Å²) < 4.78 is 0. The van der Waals surface area contributed by atoms with Crippen LogP contribution in [0.1, 0.15) is 35.3 Å². The average molecular weight is 195 g/mol. The highest BCUT2D eigenvalue weighted by atomic mass is 32.1. The Bertz CT molecular complexity index is 290. The number of thiophene rings is 1. The first-order valence-corrected chi connectivity index (χ1v) is 5.81. The van der Waals surface area contributed by atoms with Gasteiger partial charge in [0.25, 0.3) is 0 Å². The molecule has 2 rings (SSSR count). The lowest BCUT2D eigenvalue weighted by Crippen LogP contribution is -2.22. The molecule has 13 heavy (non-hydrogen) atoms. The highest BCUT2D eigenvalue weighted by Crippen LogP contribution is 2.37. The topological polar surface area (TPSA) is 26.0 Å². The Morgan fingerprint density at radius 3 is 2.62 bits per heavy atom. The van der Waals surface area contributed by atoms with Crippen molar-refractivity contribution in [3.8, 4) is 0 Å². The number of aryl methyl sites for hydroxylation is 2. The molecule has 1 aromatic rings. The van der Waals surface area contributed by atoms with Gasteiger partial charge in [-0.1, -0.05) is 0 Å². The lowest BCUT2D eigenvalue weighted by molar-refractivity contribution is 0.608. The van der Waals surface area contributed by atoms with Crippen molar-refractivity contribution in [1.29, 1.82) is 0 Å². The quantitative estimate of drug-likeness (QED) is 0.788. The van der Waals surface area contributed by atoms with Gasteiger partial charge in [0.05, 0.1) is 0 Å². The predicted octanol–water partition coefficient (Wildman–Crippen LogP) is 2.79. The SMILES string of the molecule is Cc1csc(C)c1CCC1(N)CC1. The molecule has 0 unspecified atom stereocenters. The standard InChI is InChI=1S/C11H17NS/c1-8-7-13-9(2)10(8)3-4-11(12)5-6-11/h7H,3-6,12H2,1-2H3. The zero-order valence-electron chi connectivity index (χ0n) is 8.39. The zero-order chi connectivity index (χ0) is 9.47. The zero-order valence-corrected chi connectivity index (χ0v) is 9.21. The summed E-state index contributed by atoms with van der Waals surface area (Å²) >= 11 is 1.86. The summed E-state index contributed by atoms with van der Waals surface area (Å²) in [4.78, 5) is 1.47. The van der Waals surface area contributed by atoms with Gasteiger partial charge in [-0.15, -0.1) is 11.3 Å². The van der Waals surface area contributed by atoms with Crippen LogP contribution in [0, 0.1) is 13.8 Å². The molecule has 1 aliphatic carbocycles. The molecular formula is C11H17NS. The molecule has 2 heteroatoms. The third-order valence-corrected chi connectivity index (χ3v) is 4.15. The van der Waals surface area contributed by atoms with Crippen LogP contribution in [-0.4, -0.2) is 5.54 Å². The Labute approximate surface area is 84.0 Å². The largest absolute Gasteiger partial charge is 0.325 e. The Morgan fingerprint density at radius 2 is 2.15 bits per heavy atom. The number of rotatable bonds is 3. The van der Waals surface area contributed by atoms with Crippen LogP contribution >= 0.6 is 11.3 Å². The van der Waals surface area contributed by atoms with Crippen molar-refractivity contribution in [3.63, 3.8) is 0 Å². The van der Waals surface area contributed by atoms with E-state index in [1.165, 1.54) is 36.1 Å². The molecule has 1 fully saturated rings. The second-order valence-corrected chi connectivity index (χ2v) is 5.40. The van der Waals surface area contributed by atoms with Crippen LogP contribution in [0.2, 0.25) is 0 Å². The minimum atomic E-state index is 0.209. The van der Waals surface area contributed by atoms with Crippen molar-refractivity contribution in [2.45, 2.75) is 45.1 Å². The summed E-state index contributed by atoms with van der Waals surface area (Å²) in [5, 5.41) is 2.25. The van der Waals surface area contributed by atoms with E-state index in [9.17, 15) is 0 Å². The van der Waals surface area contributed by atoms with Gasteiger partial charge in [-0.3, -0.25) is 0 Å². The molecule has 1 aliphatic rings. The molecule has 2 N–H and O–H groups in total. The lowest BCUT2D eigenvalue weighted by atomic mass is 10.0. The Morgan fingerprint density at radius 1 is 1.46 bits per heavy atom. The Hall–Kier alpha value is -0.340. The van der Waals surface area contributed by atoms with Crippen molar-refractivity contribution in [2.75, 3.05) is 0 Å². The van der Waals surface area contributed by atoms with Gasteiger partial charge in [-0.2, -0.15) is 0 Å². The summed E-state index contributed by atoms with van der Waals surface area (Å²) in [6.07, 6.45) is 4.81. The van der Waals surface area contributed by atoms with Gasteiger partial charge in [0.1, 0.15) is 0 Å². The highest BCUT2D eigenvalue weighted by Gasteiger charge is 2.37. The van der Waals surface area contributed by atoms with Crippen LogP contribution in [0.4, 0.5) is 0 Å². The normalized spacial score (nSPS) is 19.0. The maximum absolute atomic E-state index is 6.07. The molecule has 72 valence electrons. The van der Waals surface area contributed by atoms with Crippen LogP contribution in [0.25, 0.3) is 0 Å². The molecule has 1 nitrogen and oxygen atoms in total. The smallest absolute Gasteiger partial charge is 0.0158 e. The van der Waals surface area contributed by atoms with Crippen LogP contribution in [0.3, 0.4) is 0 Å².